The lowest BCUT2D eigenvalue weighted by molar-refractivity contribution is 0.776. The molecule has 0 radical (unpaired) electrons. The number of nitrogens with two attached hydrogens (primary N) is 1. The van der Waals surface area contributed by atoms with Crippen LogP contribution in [0.4, 0.5) is 11.8 Å². The van der Waals surface area contributed by atoms with Gasteiger partial charge in [-0.25, -0.2) is 10.8 Å². The van der Waals surface area contributed by atoms with Gasteiger partial charge in [0.25, 0.3) is 0 Å². The van der Waals surface area contributed by atoms with Crippen LogP contribution >= 0.6 is 11.6 Å². The summed E-state index contributed by atoms with van der Waals surface area (Å²) in [6, 6.07) is 0. The van der Waals surface area contributed by atoms with Gasteiger partial charge in [0, 0.05) is 13.6 Å². The standard InChI is InChI=1S/C9H14ClN5/c1-15(5-6-2-3-6)8-7(10)4-12-9(13-8)14-11/h4,6H,2-3,5,11H2,1H3,(H,12,13,14). The maximum absolute atomic E-state index is 6.02. The van der Waals surface area contributed by atoms with Gasteiger partial charge >= 0.3 is 0 Å². The molecule has 1 aromatic heterocycles. The van der Waals surface area contributed by atoms with Crippen LogP contribution in [0.15, 0.2) is 6.20 Å². The Kier molecular flexibility index (Phi) is 2.93. The zero-order valence-electron chi connectivity index (χ0n) is 8.57. The maximum Gasteiger partial charge on any atom is 0.239 e. The molecule has 1 fully saturated rings. The van der Waals surface area contributed by atoms with E-state index in [0.29, 0.717) is 11.0 Å². The van der Waals surface area contributed by atoms with Crippen LogP contribution in [0.25, 0.3) is 0 Å². The fourth-order valence-electron chi connectivity index (χ4n) is 1.47. The summed E-state index contributed by atoms with van der Waals surface area (Å²) in [5.41, 5.74) is 2.41. The Morgan fingerprint density at radius 1 is 1.67 bits per heavy atom. The summed E-state index contributed by atoms with van der Waals surface area (Å²) < 4.78 is 0. The molecule has 15 heavy (non-hydrogen) atoms. The summed E-state index contributed by atoms with van der Waals surface area (Å²) in [6.45, 7) is 0.987. The molecule has 6 heteroatoms. The predicted octanol–water partition coefficient (Wildman–Crippen LogP) is 1.26. The van der Waals surface area contributed by atoms with Crippen molar-refractivity contribution in [2.45, 2.75) is 12.8 Å². The summed E-state index contributed by atoms with van der Waals surface area (Å²) >= 11 is 6.02. The number of hydrogen-bond donors (Lipinski definition) is 2. The van der Waals surface area contributed by atoms with Gasteiger partial charge in [-0.1, -0.05) is 11.6 Å². The molecule has 2 rings (SSSR count). The molecule has 1 heterocycles. The van der Waals surface area contributed by atoms with Crippen LogP contribution in [0.5, 0.6) is 0 Å². The lowest BCUT2D eigenvalue weighted by Gasteiger charge is -2.19. The van der Waals surface area contributed by atoms with Gasteiger partial charge in [0.2, 0.25) is 5.95 Å². The van der Waals surface area contributed by atoms with E-state index >= 15 is 0 Å². The molecular formula is C9H14ClN5. The number of hydrogen-bond acceptors (Lipinski definition) is 5. The minimum atomic E-state index is 0.386. The van der Waals surface area contributed by atoms with Crippen molar-refractivity contribution >= 4 is 23.4 Å². The molecule has 1 aliphatic carbocycles. The molecule has 0 spiro atoms. The Morgan fingerprint density at radius 3 is 3.00 bits per heavy atom. The smallest absolute Gasteiger partial charge is 0.239 e. The third kappa shape index (κ3) is 2.49. The van der Waals surface area contributed by atoms with Crippen molar-refractivity contribution in [3.63, 3.8) is 0 Å². The molecular weight excluding hydrogens is 214 g/mol. The lowest BCUT2D eigenvalue weighted by Crippen LogP contribution is -2.22. The van der Waals surface area contributed by atoms with Gasteiger partial charge in [-0.15, -0.1) is 0 Å². The average molecular weight is 228 g/mol. The fraction of sp³-hybridized carbons (Fsp3) is 0.556. The molecule has 0 saturated heterocycles. The van der Waals surface area contributed by atoms with Crippen LogP contribution in [0.1, 0.15) is 12.8 Å². The van der Waals surface area contributed by atoms with Crippen molar-refractivity contribution in [3.8, 4) is 0 Å². The maximum atomic E-state index is 6.02. The quantitative estimate of drug-likeness (QED) is 0.599. The minimum Gasteiger partial charge on any atom is -0.358 e. The number of nitrogen functional groups attached to an aromatic ring is 1. The van der Waals surface area contributed by atoms with E-state index in [1.54, 1.807) is 6.20 Å². The molecule has 0 amide bonds. The third-order valence-electron chi connectivity index (χ3n) is 2.45. The van der Waals surface area contributed by atoms with Crippen molar-refractivity contribution in [2.24, 2.45) is 11.8 Å². The highest BCUT2D eigenvalue weighted by molar-refractivity contribution is 6.32. The van der Waals surface area contributed by atoms with Crippen LogP contribution in [-0.2, 0) is 0 Å². The molecule has 82 valence electrons. The summed E-state index contributed by atoms with van der Waals surface area (Å²) in [6.07, 6.45) is 4.16. The van der Waals surface area contributed by atoms with Gasteiger partial charge in [-0.3, -0.25) is 5.43 Å². The Morgan fingerprint density at radius 2 is 2.40 bits per heavy atom. The molecule has 1 aliphatic rings. The topological polar surface area (TPSA) is 67.1 Å². The van der Waals surface area contributed by atoms with E-state index in [0.717, 1.165) is 18.3 Å². The number of hydrazine groups is 1. The molecule has 1 aromatic rings. The van der Waals surface area contributed by atoms with E-state index in [4.69, 9.17) is 17.4 Å². The monoisotopic (exact) mass is 227 g/mol. The van der Waals surface area contributed by atoms with E-state index < -0.39 is 0 Å². The molecule has 3 N–H and O–H groups in total. The van der Waals surface area contributed by atoms with Gasteiger partial charge in [0.1, 0.15) is 5.02 Å². The zero-order valence-corrected chi connectivity index (χ0v) is 9.33. The highest BCUT2D eigenvalue weighted by Crippen LogP contribution is 2.32. The first-order valence-electron chi connectivity index (χ1n) is 4.91. The molecule has 0 aromatic carbocycles. The first-order valence-corrected chi connectivity index (χ1v) is 5.29. The zero-order chi connectivity index (χ0) is 10.8. The number of rotatable bonds is 4. The van der Waals surface area contributed by atoms with Crippen LogP contribution < -0.4 is 16.2 Å². The highest BCUT2D eigenvalue weighted by Gasteiger charge is 2.24. The predicted molar refractivity (Wildman–Crippen MR) is 60.8 cm³/mol. The van der Waals surface area contributed by atoms with Crippen LogP contribution in [0, 0.1) is 5.92 Å². The average Bonchev–Trinajstić information content (AvgIpc) is 3.02. The highest BCUT2D eigenvalue weighted by atomic mass is 35.5. The van der Waals surface area contributed by atoms with Gasteiger partial charge in [0.05, 0.1) is 6.20 Å². The van der Waals surface area contributed by atoms with Gasteiger partial charge in [-0.2, -0.15) is 4.98 Å². The normalized spacial score (nSPS) is 15.1. The Hall–Kier alpha value is -1.07. The summed E-state index contributed by atoms with van der Waals surface area (Å²) in [5, 5.41) is 0.553. The van der Waals surface area contributed by atoms with Crippen molar-refractivity contribution in [1.82, 2.24) is 9.97 Å². The van der Waals surface area contributed by atoms with Crippen LogP contribution in [-0.4, -0.2) is 23.6 Å². The van der Waals surface area contributed by atoms with Gasteiger partial charge < -0.3 is 4.90 Å². The molecule has 5 nitrogen and oxygen atoms in total. The van der Waals surface area contributed by atoms with Crippen molar-refractivity contribution < 1.29 is 0 Å². The first-order chi connectivity index (χ1) is 7.20. The van der Waals surface area contributed by atoms with E-state index in [1.165, 1.54) is 12.8 Å². The largest absolute Gasteiger partial charge is 0.358 e. The molecule has 0 unspecified atom stereocenters. The number of anilines is 2. The second kappa shape index (κ2) is 4.20. The summed E-state index contributed by atoms with van der Waals surface area (Å²) in [5.74, 6) is 7.15. The molecule has 0 atom stereocenters. The first kappa shape index (κ1) is 10.4. The van der Waals surface area contributed by atoms with Crippen molar-refractivity contribution in [3.05, 3.63) is 11.2 Å². The summed E-state index contributed by atoms with van der Waals surface area (Å²) in [4.78, 5) is 10.2. The Balaban J connectivity index is 2.16. The second-order valence-corrected chi connectivity index (χ2v) is 4.24. The summed E-state index contributed by atoms with van der Waals surface area (Å²) in [7, 11) is 1.98. The minimum absolute atomic E-state index is 0.386. The fourth-order valence-corrected chi connectivity index (χ4v) is 1.70. The Labute approximate surface area is 93.6 Å². The van der Waals surface area contributed by atoms with Crippen molar-refractivity contribution in [1.29, 1.82) is 0 Å². The number of aromatic nitrogens is 2. The Bertz CT molecular complexity index is 352. The molecule has 0 aliphatic heterocycles. The van der Waals surface area contributed by atoms with Crippen LogP contribution in [0.2, 0.25) is 5.02 Å². The van der Waals surface area contributed by atoms with Gasteiger partial charge in [-0.05, 0) is 18.8 Å². The van der Waals surface area contributed by atoms with Crippen LogP contribution in [0.3, 0.4) is 0 Å². The second-order valence-electron chi connectivity index (χ2n) is 3.83. The van der Waals surface area contributed by atoms with E-state index in [-0.39, 0.29) is 0 Å². The van der Waals surface area contributed by atoms with E-state index in [9.17, 15) is 0 Å². The van der Waals surface area contributed by atoms with Gasteiger partial charge in [0.15, 0.2) is 5.82 Å². The third-order valence-corrected chi connectivity index (χ3v) is 2.71. The lowest BCUT2D eigenvalue weighted by atomic mass is 10.4. The number of halogens is 1. The van der Waals surface area contributed by atoms with E-state index in [1.807, 2.05) is 11.9 Å². The van der Waals surface area contributed by atoms with E-state index in [2.05, 4.69) is 15.4 Å². The molecule has 1 saturated carbocycles. The number of nitrogens with one attached hydrogen (secondary N) is 1. The number of nitrogens with zero attached hydrogens (tertiary/aromatic N) is 3. The van der Waals surface area contributed by atoms with Crippen molar-refractivity contribution in [2.75, 3.05) is 23.9 Å². The molecule has 0 bridgehead atoms. The SMILES string of the molecule is CN(CC1CC1)c1nc(NN)ncc1Cl.